The third kappa shape index (κ3) is 6.63. The lowest BCUT2D eigenvalue weighted by atomic mass is 9.90. The van der Waals surface area contributed by atoms with E-state index >= 15 is 0 Å². The number of likely N-dealkylation sites (tertiary alicyclic amines) is 1. The molecule has 0 unspecified atom stereocenters. The van der Waals surface area contributed by atoms with E-state index in [2.05, 4.69) is 17.4 Å². The molecule has 0 radical (unpaired) electrons. The van der Waals surface area contributed by atoms with Gasteiger partial charge in [0, 0.05) is 35.5 Å². The second-order valence-electron chi connectivity index (χ2n) is 7.68. The molecule has 1 aliphatic heterocycles. The summed E-state index contributed by atoms with van der Waals surface area (Å²) in [6, 6.07) is 15.2. The minimum atomic E-state index is -0.889. The first kappa shape index (κ1) is 23.0. The number of nitrogens with two attached hydrogens (primary N) is 1. The Bertz CT molecular complexity index is 886. The van der Waals surface area contributed by atoms with Gasteiger partial charge in [0.25, 0.3) is 0 Å². The number of carboxylic acid groups (broad SMARTS) is 1. The molecule has 4 N–H and O–H groups in total. The molecule has 0 bridgehead atoms. The Hall–Kier alpha value is -2.71. The Morgan fingerprint density at radius 2 is 1.94 bits per heavy atom. The number of nitrogens with zero attached hydrogens (tertiary/aromatic N) is 1. The fraction of sp³-hybridized carbons (Fsp3) is 0.391. The molecule has 2 aromatic rings. The molecule has 0 spiro atoms. The molecule has 2 amide bonds. The highest BCUT2D eigenvalue weighted by atomic mass is 32.2. The lowest BCUT2D eigenvalue weighted by Gasteiger charge is -2.31. The highest BCUT2D eigenvalue weighted by Gasteiger charge is 2.26. The Balaban J connectivity index is 1.52. The van der Waals surface area contributed by atoms with Crippen LogP contribution in [0.4, 0.5) is 10.5 Å². The minimum Gasteiger partial charge on any atom is -0.496 e. The number of hydrogen-bond donors (Lipinski definition) is 3. The van der Waals surface area contributed by atoms with Gasteiger partial charge in [-0.2, -0.15) is 0 Å². The molecule has 0 saturated carbocycles. The van der Waals surface area contributed by atoms with Crippen LogP contribution in [0.15, 0.2) is 53.4 Å². The first-order valence-electron chi connectivity index (χ1n) is 10.4. The highest BCUT2D eigenvalue weighted by molar-refractivity contribution is 7.98. The standard InChI is InChI=1S/C23H29N3O4S/c1-30-20-14-18(7-8-21(20)31-15-17-5-3-2-4-6-17)25-22(27)19(24)13-16-9-11-26(12-10-16)23(28)29/h2-8,14,16,19H,9-13,15,24H2,1H3,(H,25,27)(H,28,29)/t19-/m0/s1. The summed E-state index contributed by atoms with van der Waals surface area (Å²) < 4.78 is 5.51. The summed E-state index contributed by atoms with van der Waals surface area (Å²) in [5.74, 6) is 1.54. The number of benzene rings is 2. The fourth-order valence-corrected chi connectivity index (χ4v) is 4.62. The molecule has 7 nitrogen and oxygen atoms in total. The number of nitrogens with one attached hydrogen (secondary N) is 1. The van der Waals surface area contributed by atoms with Gasteiger partial charge in [-0.3, -0.25) is 4.79 Å². The van der Waals surface area contributed by atoms with Crippen LogP contribution in [-0.2, 0) is 10.5 Å². The number of ether oxygens (including phenoxy) is 1. The summed E-state index contributed by atoms with van der Waals surface area (Å²) in [6.45, 7) is 0.987. The molecule has 166 valence electrons. The van der Waals surface area contributed by atoms with E-state index in [1.54, 1.807) is 18.9 Å². The topological polar surface area (TPSA) is 105 Å². The van der Waals surface area contributed by atoms with E-state index in [4.69, 9.17) is 15.6 Å². The monoisotopic (exact) mass is 443 g/mol. The summed E-state index contributed by atoms with van der Waals surface area (Å²) in [6.07, 6.45) is 1.12. The quantitative estimate of drug-likeness (QED) is 0.532. The van der Waals surface area contributed by atoms with Gasteiger partial charge in [-0.15, -0.1) is 11.8 Å². The Morgan fingerprint density at radius 1 is 1.23 bits per heavy atom. The van der Waals surface area contributed by atoms with Crippen molar-refractivity contribution in [2.45, 2.75) is 36.0 Å². The molecule has 8 heteroatoms. The molecule has 31 heavy (non-hydrogen) atoms. The highest BCUT2D eigenvalue weighted by Crippen LogP contribution is 2.34. The smallest absolute Gasteiger partial charge is 0.407 e. The summed E-state index contributed by atoms with van der Waals surface area (Å²) in [7, 11) is 1.61. The molecular formula is C23H29N3O4S. The van der Waals surface area contributed by atoms with E-state index in [1.165, 1.54) is 10.5 Å². The van der Waals surface area contributed by atoms with Gasteiger partial charge in [-0.1, -0.05) is 30.3 Å². The van der Waals surface area contributed by atoms with Crippen molar-refractivity contribution in [2.24, 2.45) is 11.7 Å². The lowest BCUT2D eigenvalue weighted by Crippen LogP contribution is -2.41. The van der Waals surface area contributed by atoms with Crippen LogP contribution in [0.1, 0.15) is 24.8 Å². The summed E-state index contributed by atoms with van der Waals surface area (Å²) in [4.78, 5) is 26.0. The molecule has 1 aliphatic rings. The van der Waals surface area contributed by atoms with Crippen LogP contribution in [0.25, 0.3) is 0 Å². The van der Waals surface area contributed by atoms with Crippen LogP contribution >= 0.6 is 11.8 Å². The predicted octanol–water partition coefficient (Wildman–Crippen LogP) is 4.03. The van der Waals surface area contributed by atoms with Crippen molar-refractivity contribution in [3.63, 3.8) is 0 Å². The van der Waals surface area contributed by atoms with Crippen molar-refractivity contribution in [3.8, 4) is 5.75 Å². The van der Waals surface area contributed by atoms with Gasteiger partial charge >= 0.3 is 6.09 Å². The van der Waals surface area contributed by atoms with Gasteiger partial charge in [0.2, 0.25) is 5.91 Å². The minimum absolute atomic E-state index is 0.243. The number of carbonyl (C=O) groups is 2. The fourth-order valence-electron chi connectivity index (χ4n) is 3.66. The number of methoxy groups -OCH3 is 1. The van der Waals surface area contributed by atoms with Crippen LogP contribution in [0.2, 0.25) is 0 Å². The van der Waals surface area contributed by atoms with Crippen LogP contribution in [0.3, 0.4) is 0 Å². The van der Waals surface area contributed by atoms with Gasteiger partial charge in [0.15, 0.2) is 0 Å². The number of hydrogen-bond acceptors (Lipinski definition) is 5. The number of carbonyl (C=O) groups excluding carboxylic acids is 1. The van der Waals surface area contributed by atoms with Crippen LogP contribution in [0.5, 0.6) is 5.75 Å². The van der Waals surface area contributed by atoms with E-state index in [-0.39, 0.29) is 11.8 Å². The van der Waals surface area contributed by atoms with E-state index in [0.717, 1.165) is 23.5 Å². The molecule has 0 aromatic heterocycles. The first-order valence-corrected chi connectivity index (χ1v) is 11.3. The van der Waals surface area contributed by atoms with Gasteiger partial charge in [0.1, 0.15) is 5.75 Å². The van der Waals surface area contributed by atoms with Crippen molar-refractivity contribution < 1.29 is 19.4 Å². The first-order chi connectivity index (χ1) is 15.0. The van der Waals surface area contributed by atoms with Gasteiger partial charge in [0.05, 0.1) is 13.2 Å². The summed E-state index contributed by atoms with van der Waals surface area (Å²) in [5.41, 5.74) is 8.00. The van der Waals surface area contributed by atoms with Crippen molar-refractivity contribution >= 4 is 29.4 Å². The zero-order valence-electron chi connectivity index (χ0n) is 17.6. The number of amides is 2. The average Bonchev–Trinajstić information content (AvgIpc) is 2.79. The maximum absolute atomic E-state index is 12.6. The van der Waals surface area contributed by atoms with E-state index < -0.39 is 12.1 Å². The third-order valence-electron chi connectivity index (χ3n) is 5.48. The number of piperidine rings is 1. The maximum Gasteiger partial charge on any atom is 0.407 e. The van der Waals surface area contributed by atoms with Gasteiger partial charge in [-0.25, -0.2) is 4.79 Å². The van der Waals surface area contributed by atoms with Crippen LogP contribution in [-0.4, -0.2) is 48.2 Å². The second kappa shape index (κ2) is 11.1. The molecule has 2 aromatic carbocycles. The van der Waals surface area contributed by atoms with Gasteiger partial charge < -0.3 is 25.8 Å². The maximum atomic E-state index is 12.6. The van der Waals surface area contributed by atoms with Crippen molar-refractivity contribution in [2.75, 3.05) is 25.5 Å². The third-order valence-corrected chi connectivity index (χ3v) is 6.60. The second-order valence-corrected chi connectivity index (χ2v) is 8.70. The Morgan fingerprint density at radius 3 is 2.58 bits per heavy atom. The zero-order chi connectivity index (χ0) is 22.2. The normalized spacial score (nSPS) is 15.4. The van der Waals surface area contributed by atoms with Crippen molar-refractivity contribution in [3.05, 3.63) is 54.1 Å². The lowest BCUT2D eigenvalue weighted by molar-refractivity contribution is -0.117. The van der Waals surface area contributed by atoms with Crippen molar-refractivity contribution in [1.82, 2.24) is 4.90 Å². The van der Waals surface area contributed by atoms with Crippen LogP contribution < -0.4 is 15.8 Å². The molecule has 3 rings (SSSR count). The van der Waals surface area contributed by atoms with Crippen molar-refractivity contribution in [1.29, 1.82) is 0 Å². The largest absolute Gasteiger partial charge is 0.496 e. The molecule has 1 heterocycles. The molecule has 1 atom stereocenters. The SMILES string of the molecule is COc1cc(NC(=O)[C@@H](N)CC2CCN(C(=O)O)CC2)ccc1SCc1ccccc1. The average molecular weight is 444 g/mol. The molecule has 0 aliphatic carbocycles. The molecule has 1 saturated heterocycles. The zero-order valence-corrected chi connectivity index (χ0v) is 18.4. The Kier molecular flexibility index (Phi) is 8.20. The summed E-state index contributed by atoms with van der Waals surface area (Å²) >= 11 is 1.68. The Labute approximate surface area is 187 Å². The number of anilines is 1. The van der Waals surface area contributed by atoms with Gasteiger partial charge in [-0.05, 0) is 42.9 Å². The molecular weight excluding hydrogens is 414 g/mol. The number of thioether (sulfide) groups is 1. The van der Waals surface area contributed by atoms with E-state index in [0.29, 0.717) is 30.9 Å². The van der Waals surface area contributed by atoms with E-state index in [9.17, 15) is 9.59 Å². The molecule has 1 fully saturated rings. The number of rotatable bonds is 8. The van der Waals surface area contributed by atoms with E-state index in [1.807, 2.05) is 36.4 Å². The predicted molar refractivity (Wildman–Crippen MR) is 123 cm³/mol. The van der Waals surface area contributed by atoms with Crippen LogP contribution in [0, 0.1) is 5.92 Å². The summed E-state index contributed by atoms with van der Waals surface area (Å²) in [5, 5.41) is 11.9.